The van der Waals surface area contributed by atoms with E-state index in [9.17, 15) is 4.79 Å². The number of fused-ring (bicyclic) bond motifs is 1. The van der Waals surface area contributed by atoms with Crippen molar-refractivity contribution in [1.29, 1.82) is 0 Å². The van der Waals surface area contributed by atoms with Crippen LogP contribution < -0.4 is 15.0 Å². The molecule has 1 amide bonds. The molecule has 4 rings (SSSR count). The molecule has 0 aliphatic carbocycles. The summed E-state index contributed by atoms with van der Waals surface area (Å²) in [7, 11) is 0. The maximum Gasteiger partial charge on any atom is 0.257 e. The predicted octanol–water partition coefficient (Wildman–Crippen LogP) is 4.56. The summed E-state index contributed by atoms with van der Waals surface area (Å²) in [6.07, 6.45) is 2.07. The quantitative estimate of drug-likeness (QED) is 0.577. The molecule has 152 valence electrons. The van der Waals surface area contributed by atoms with Gasteiger partial charge in [-0.2, -0.15) is 0 Å². The SMILES string of the molecule is CCCCOc1cccc(C(=O)Nc2nc3ccc(N4CCOCC4)cc3s2)c1. The van der Waals surface area contributed by atoms with Gasteiger partial charge in [0.05, 0.1) is 30.0 Å². The summed E-state index contributed by atoms with van der Waals surface area (Å²) in [6, 6.07) is 13.5. The molecule has 1 aromatic heterocycles. The molecule has 2 heterocycles. The van der Waals surface area contributed by atoms with Crippen LogP contribution in [-0.2, 0) is 4.74 Å². The third kappa shape index (κ3) is 4.86. The highest BCUT2D eigenvalue weighted by Gasteiger charge is 2.14. The fraction of sp³-hybridized carbons (Fsp3) is 0.364. The van der Waals surface area contributed by atoms with Crippen LogP contribution in [-0.4, -0.2) is 43.8 Å². The number of rotatable bonds is 7. The number of nitrogens with one attached hydrogen (secondary N) is 1. The van der Waals surface area contributed by atoms with Gasteiger partial charge in [0.1, 0.15) is 5.75 Å². The van der Waals surface area contributed by atoms with Crippen LogP contribution in [0.5, 0.6) is 5.75 Å². The Hall–Kier alpha value is -2.64. The second-order valence-corrected chi connectivity index (χ2v) is 7.99. The van der Waals surface area contributed by atoms with Crippen molar-refractivity contribution in [3.05, 3.63) is 48.0 Å². The van der Waals surface area contributed by atoms with E-state index in [0.29, 0.717) is 23.1 Å². The number of ether oxygens (including phenoxy) is 2. The molecule has 29 heavy (non-hydrogen) atoms. The molecule has 3 aromatic rings. The lowest BCUT2D eigenvalue weighted by Crippen LogP contribution is -2.36. The molecular weight excluding hydrogens is 386 g/mol. The Kier molecular flexibility index (Phi) is 6.27. The molecule has 0 spiro atoms. The average molecular weight is 412 g/mol. The molecule has 1 fully saturated rings. The summed E-state index contributed by atoms with van der Waals surface area (Å²) in [4.78, 5) is 19.5. The summed E-state index contributed by atoms with van der Waals surface area (Å²) < 4.78 is 12.2. The van der Waals surface area contributed by atoms with Crippen molar-refractivity contribution in [2.75, 3.05) is 43.1 Å². The summed E-state index contributed by atoms with van der Waals surface area (Å²) in [5.41, 5.74) is 2.62. The van der Waals surface area contributed by atoms with E-state index in [1.165, 1.54) is 17.0 Å². The Balaban J connectivity index is 1.46. The monoisotopic (exact) mass is 411 g/mol. The van der Waals surface area contributed by atoms with Crippen LogP contribution in [0.2, 0.25) is 0 Å². The Morgan fingerprint density at radius 3 is 2.93 bits per heavy atom. The van der Waals surface area contributed by atoms with Crippen LogP contribution in [0.25, 0.3) is 10.2 Å². The molecule has 0 atom stereocenters. The van der Waals surface area contributed by atoms with Gasteiger partial charge in [-0.1, -0.05) is 30.7 Å². The first-order chi connectivity index (χ1) is 14.2. The first-order valence-corrected chi connectivity index (χ1v) is 10.8. The van der Waals surface area contributed by atoms with Gasteiger partial charge in [-0.15, -0.1) is 0 Å². The molecule has 1 aliphatic rings. The number of carbonyl (C=O) groups is 1. The minimum atomic E-state index is -0.182. The van der Waals surface area contributed by atoms with Gasteiger partial charge in [0.15, 0.2) is 5.13 Å². The Morgan fingerprint density at radius 1 is 1.24 bits per heavy atom. The van der Waals surface area contributed by atoms with Gasteiger partial charge in [0.25, 0.3) is 5.91 Å². The van der Waals surface area contributed by atoms with Crippen molar-refractivity contribution in [2.24, 2.45) is 0 Å². The van der Waals surface area contributed by atoms with Crippen molar-refractivity contribution in [3.63, 3.8) is 0 Å². The molecule has 0 saturated carbocycles. The summed E-state index contributed by atoms with van der Waals surface area (Å²) >= 11 is 1.49. The lowest BCUT2D eigenvalue weighted by molar-refractivity contribution is 0.102. The Bertz CT molecular complexity index is 982. The van der Waals surface area contributed by atoms with Gasteiger partial charge in [-0.3, -0.25) is 10.1 Å². The fourth-order valence-electron chi connectivity index (χ4n) is 3.22. The summed E-state index contributed by atoms with van der Waals surface area (Å²) in [5.74, 6) is 0.531. The topological polar surface area (TPSA) is 63.7 Å². The van der Waals surface area contributed by atoms with Crippen molar-refractivity contribution in [1.82, 2.24) is 4.98 Å². The number of amides is 1. The van der Waals surface area contributed by atoms with E-state index in [0.717, 1.165) is 49.4 Å². The van der Waals surface area contributed by atoms with Gasteiger partial charge in [0, 0.05) is 24.3 Å². The molecule has 7 heteroatoms. The summed E-state index contributed by atoms with van der Waals surface area (Å²) in [5, 5.41) is 3.52. The van der Waals surface area contributed by atoms with Gasteiger partial charge in [-0.25, -0.2) is 4.98 Å². The molecule has 0 unspecified atom stereocenters. The van der Waals surface area contributed by atoms with Crippen molar-refractivity contribution in [3.8, 4) is 5.75 Å². The van der Waals surface area contributed by atoms with E-state index < -0.39 is 0 Å². The van der Waals surface area contributed by atoms with Crippen LogP contribution in [0.4, 0.5) is 10.8 Å². The van der Waals surface area contributed by atoms with E-state index in [2.05, 4.69) is 34.3 Å². The first-order valence-electron chi connectivity index (χ1n) is 10.0. The first kappa shape index (κ1) is 19.7. The number of aromatic nitrogens is 1. The van der Waals surface area contributed by atoms with Gasteiger partial charge >= 0.3 is 0 Å². The van der Waals surface area contributed by atoms with Crippen molar-refractivity contribution in [2.45, 2.75) is 19.8 Å². The number of hydrogen-bond donors (Lipinski definition) is 1. The second kappa shape index (κ2) is 9.24. The van der Waals surface area contributed by atoms with E-state index >= 15 is 0 Å². The number of carbonyl (C=O) groups excluding carboxylic acids is 1. The number of hydrogen-bond acceptors (Lipinski definition) is 6. The van der Waals surface area contributed by atoms with Crippen LogP contribution in [0, 0.1) is 0 Å². The molecule has 2 aromatic carbocycles. The van der Waals surface area contributed by atoms with E-state index in [1.807, 2.05) is 18.2 Å². The largest absolute Gasteiger partial charge is 0.494 e. The number of nitrogens with zero attached hydrogens (tertiary/aromatic N) is 2. The average Bonchev–Trinajstić information content (AvgIpc) is 3.16. The van der Waals surface area contributed by atoms with Gasteiger partial charge < -0.3 is 14.4 Å². The molecular formula is C22H25N3O3S. The third-order valence-corrected chi connectivity index (χ3v) is 5.77. The standard InChI is InChI=1S/C22H25N3O3S/c1-2-3-11-28-18-6-4-5-16(14-18)21(26)24-22-23-19-8-7-17(15-20(19)29-22)25-9-12-27-13-10-25/h4-8,14-15H,2-3,9-13H2,1H3,(H,23,24,26). The lowest BCUT2D eigenvalue weighted by Gasteiger charge is -2.28. The number of morpholine rings is 1. The third-order valence-electron chi connectivity index (χ3n) is 4.83. The normalized spacial score (nSPS) is 14.2. The molecule has 0 bridgehead atoms. The van der Waals surface area contributed by atoms with Gasteiger partial charge in [-0.05, 0) is 42.8 Å². The van der Waals surface area contributed by atoms with E-state index in [1.54, 1.807) is 12.1 Å². The predicted molar refractivity (Wildman–Crippen MR) is 117 cm³/mol. The fourth-order valence-corrected chi connectivity index (χ4v) is 4.11. The second-order valence-electron chi connectivity index (χ2n) is 6.95. The van der Waals surface area contributed by atoms with Crippen LogP contribution in [0.15, 0.2) is 42.5 Å². The lowest BCUT2D eigenvalue weighted by atomic mass is 10.2. The van der Waals surface area contributed by atoms with E-state index in [4.69, 9.17) is 9.47 Å². The van der Waals surface area contributed by atoms with Crippen LogP contribution in [0.1, 0.15) is 30.1 Å². The maximum atomic E-state index is 12.7. The highest BCUT2D eigenvalue weighted by atomic mass is 32.1. The van der Waals surface area contributed by atoms with Crippen LogP contribution in [0.3, 0.4) is 0 Å². The number of anilines is 2. The zero-order chi connectivity index (χ0) is 20.1. The molecule has 1 N–H and O–H groups in total. The Morgan fingerprint density at radius 2 is 2.10 bits per heavy atom. The van der Waals surface area contributed by atoms with Gasteiger partial charge in [0.2, 0.25) is 0 Å². The number of benzene rings is 2. The van der Waals surface area contributed by atoms with E-state index in [-0.39, 0.29) is 5.91 Å². The summed E-state index contributed by atoms with van der Waals surface area (Å²) in [6.45, 7) is 6.07. The molecule has 6 nitrogen and oxygen atoms in total. The Labute approximate surface area is 174 Å². The molecule has 0 radical (unpaired) electrons. The van der Waals surface area contributed by atoms with Crippen molar-refractivity contribution < 1.29 is 14.3 Å². The highest BCUT2D eigenvalue weighted by Crippen LogP contribution is 2.30. The number of unbranched alkanes of at least 4 members (excludes halogenated alkanes) is 1. The zero-order valence-electron chi connectivity index (χ0n) is 16.5. The maximum absolute atomic E-state index is 12.7. The van der Waals surface area contributed by atoms with Crippen LogP contribution >= 0.6 is 11.3 Å². The zero-order valence-corrected chi connectivity index (χ0v) is 17.3. The minimum absolute atomic E-state index is 0.182. The molecule has 1 aliphatic heterocycles. The number of thiazole rings is 1. The minimum Gasteiger partial charge on any atom is -0.494 e. The van der Waals surface area contributed by atoms with Crippen molar-refractivity contribution >= 4 is 38.3 Å². The molecule has 1 saturated heterocycles. The smallest absolute Gasteiger partial charge is 0.257 e. The highest BCUT2D eigenvalue weighted by molar-refractivity contribution is 7.22.